The molecule has 0 fully saturated rings. The first-order chi connectivity index (χ1) is 12.9. The lowest BCUT2D eigenvalue weighted by Gasteiger charge is -2.29. The molecule has 144 valence electrons. The predicted octanol–water partition coefficient (Wildman–Crippen LogP) is 2.13. The molecule has 2 rings (SSSR count). The molecule has 0 spiro atoms. The summed E-state index contributed by atoms with van der Waals surface area (Å²) >= 11 is 0. The van der Waals surface area contributed by atoms with Crippen LogP contribution in [0.1, 0.15) is 18.1 Å². The standard InChI is InChI=1S/C20H23FN2O4/c1-20(27-3,16-9-4-5-10-17(16)21)13-23-19(25)18(24)22-12-14-7-6-8-15(11-14)26-2/h4-11H,12-13H2,1-3H3,(H,22,24)(H,23,25). The third kappa shape index (κ3) is 5.27. The van der Waals surface area contributed by atoms with Gasteiger partial charge < -0.3 is 20.1 Å². The highest BCUT2D eigenvalue weighted by Crippen LogP contribution is 2.26. The Morgan fingerprint density at radius 3 is 2.41 bits per heavy atom. The average molecular weight is 374 g/mol. The summed E-state index contributed by atoms with van der Waals surface area (Å²) in [5.41, 5.74) is -0.0122. The lowest BCUT2D eigenvalue weighted by molar-refractivity contribution is -0.140. The van der Waals surface area contributed by atoms with E-state index in [0.29, 0.717) is 11.3 Å². The molecule has 0 bridgehead atoms. The molecule has 1 atom stereocenters. The minimum absolute atomic E-state index is 0.0597. The molecule has 27 heavy (non-hydrogen) atoms. The zero-order chi connectivity index (χ0) is 19.9. The minimum atomic E-state index is -1.10. The monoisotopic (exact) mass is 374 g/mol. The Morgan fingerprint density at radius 2 is 1.74 bits per heavy atom. The first-order valence-electron chi connectivity index (χ1n) is 8.38. The summed E-state index contributed by atoms with van der Waals surface area (Å²) in [5.74, 6) is -1.40. The Hall–Kier alpha value is -2.93. The first-order valence-corrected chi connectivity index (χ1v) is 8.38. The molecule has 6 nitrogen and oxygen atoms in total. The van der Waals surface area contributed by atoms with Crippen LogP contribution in [0.15, 0.2) is 48.5 Å². The van der Waals surface area contributed by atoms with E-state index < -0.39 is 23.2 Å². The Kier molecular flexibility index (Phi) is 6.90. The number of hydrogen-bond donors (Lipinski definition) is 2. The summed E-state index contributed by atoms with van der Waals surface area (Å²) in [6, 6.07) is 13.3. The normalized spacial score (nSPS) is 12.7. The molecule has 0 aliphatic heterocycles. The van der Waals surface area contributed by atoms with Crippen molar-refractivity contribution in [3.05, 3.63) is 65.5 Å². The second-order valence-electron chi connectivity index (χ2n) is 6.13. The van der Waals surface area contributed by atoms with Crippen molar-refractivity contribution in [3.63, 3.8) is 0 Å². The first kappa shape index (κ1) is 20.4. The van der Waals surface area contributed by atoms with Gasteiger partial charge in [-0.2, -0.15) is 0 Å². The van der Waals surface area contributed by atoms with Gasteiger partial charge in [-0.25, -0.2) is 4.39 Å². The number of amides is 2. The average Bonchev–Trinajstić information content (AvgIpc) is 2.70. The van der Waals surface area contributed by atoms with Crippen LogP contribution < -0.4 is 15.4 Å². The van der Waals surface area contributed by atoms with Gasteiger partial charge in [0.25, 0.3) is 0 Å². The lowest BCUT2D eigenvalue weighted by Crippen LogP contribution is -2.46. The van der Waals surface area contributed by atoms with Crippen LogP contribution in [0.2, 0.25) is 0 Å². The molecule has 0 aromatic heterocycles. The number of nitrogens with one attached hydrogen (secondary N) is 2. The van der Waals surface area contributed by atoms with E-state index in [1.165, 1.54) is 13.2 Å². The molecule has 1 unspecified atom stereocenters. The molecule has 0 saturated carbocycles. The molecule has 0 aliphatic carbocycles. The summed E-state index contributed by atoms with van der Waals surface area (Å²) in [5, 5.41) is 5.03. The van der Waals surface area contributed by atoms with Crippen molar-refractivity contribution in [2.45, 2.75) is 19.1 Å². The van der Waals surface area contributed by atoms with Gasteiger partial charge >= 0.3 is 11.8 Å². The third-order valence-electron chi connectivity index (χ3n) is 4.27. The number of carbonyl (C=O) groups is 2. The van der Waals surface area contributed by atoms with Crippen LogP contribution in [0.4, 0.5) is 4.39 Å². The summed E-state index contributed by atoms with van der Waals surface area (Å²) in [6.07, 6.45) is 0. The van der Waals surface area contributed by atoms with E-state index >= 15 is 0 Å². The highest BCUT2D eigenvalue weighted by Gasteiger charge is 2.30. The van der Waals surface area contributed by atoms with Crippen LogP contribution in [0.25, 0.3) is 0 Å². The molecule has 0 saturated heterocycles. The molecule has 0 heterocycles. The predicted molar refractivity (Wildman–Crippen MR) is 98.6 cm³/mol. The highest BCUT2D eigenvalue weighted by atomic mass is 19.1. The van der Waals surface area contributed by atoms with Gasteiger partial charge in [0.1, 0.15) is 17.2 Å². The zero-order valence-electron chi connectivity index (χ0n) is 15.5. The third-order valence-corrected chi connectivity index (χ3v) is 4.27. The van der Waals surface area contributed by atoms with Crippen molar-refractivity contribution in [1.82, 2.24) is 10.6 Å². The molecular weight excluding hydrogens is 351 g/mol. The highest BCUT2D eigenvalue weighted by molar-refractivity contribution is 6.35. The van der Waals surface area contributed by atoms with Crippen molar-refractivity contribution >= 4 is 11.8 Å². The van der Waals surface area contributed by atoms with Crippen molar-refractivity contribution < 1.29 is 23.5 Å². The Labute approximate surface area is 157 Å². The lowest BCUT2D eigenvalue weighted by atomic mass is 9.95. The van der Waals surface area contributed by atoms with Gasteiger partial charge in [0.05, 0.1) is 13.7 Å². The fraction of sp³-hybridized carbons (Fsp3) is 0.300. The van der Waals surface area contributed by atoms with E-state index in [0.717, 1.165) is 5.56 Å². The van der Waals surface area contributed by atoms with Gasteiger partial charge in [-0.3, -0.25) is 9.59 Å². The summed E-state index contributed by atoms with van der Waals surface area (Å²) in [4.78, 5) is 24.1. The van der Waals surface area contributed by atoms with Gasteiger partial charge in [0, 0.05) is 19.2 Å². The van der Waals surface area contributed by atoms with E-state index in [4.69, 9.17) is 9.47 Å². The Bertz CT molecular complexity index is 812. The largest absolute Gasteiger partial charge is 0.497 e. The summed E-state index contributed by atoms with van der Waals surface area (Å²) in [7, 11) is 2.97. The number of halogens is 1. The quantitative estimate of drug-likeness (QED) is 0.728. The summed E-state index contributed by atoms with van der Waals surface area (Å²) < 4.78 is 24.5. The molecule has 0 radical (unpaired) electrons. The van der Waals surface area contributed by atoms with Crippen LogP contribution in [0.3, 0.4) is 0 Å². The van der Waals surface area contributed by atoms with Crippen molar-refractivity contribution in [1.29, 1.82) is 0 Å². The SMILES string of the molecule is COc1cccc(CNC(=O)C(=O)NCC(C)(OC)c2ccccc2F)c1. The van der Waals surface area contributed by atoms with Crippen LogP contribution in [-0.4, -0.2) is 32.6 Å². The minimum Gasteiger partial charge on any atom is -0.497 e. The second-order valence-corrected chi connectivity index (χ2v) is 6.13. The maximum absolute atomic E-state index is 14.0. The molecule has 0 aliphatic rings. The number of ether oxygens (including phenoxy) is 2. The van der Waals surface area contributed by atoms with Crippen molar-refractivity contribution in [3.8, 4) is 5.75 Å². The molecule has 2 amide bonds. The van der Waals surface area contributed by atoms with Gasteiger partial charge in [0.15, 0.2) is 0 Å². The zero-order valence-corrected chi connectivity index (χ0v) is 15.5. The molecule has 2 N–H and O–H groups in total. The van der Waals surface area contributed by atoms with Gasteiger partial charge in [-0.15, -0.1) is 0 Å². The van der Waals surface area contributed by atoms with E-state index in [-0.39, 0.29) is 13.1 Å². The summed E-state index contributed by atoms with van der Waals surface area (Å²) in [6.45, 7) is 1.76. The molecule has 7 heteroatoms. The number of rotatable bonds is 7. The van der Waals surface area contributed by atoms with Crippen molar-refractivity contribution in [2.24, 2.45) is 0 Å². The molecular formula is C20H23FN2O4. The maximum Gasteiger partial charge on any atom is 0.309 e. The van der Waals surface area contributed by atoms with E-state index in [1.54, 1.807) is 56.5 Å². The number of benzene rings is 2. The maximum atomic E-state index is 14.0. The van der Waals surface area contributed by atoms with Crippen LogP contribution in [0.5, 0.6) is 5.75 Å². The second kappa shape index (κ2) is 9.14. The van der Waals surface area contributed by atoms with Gasteiger partial charge in [-0.1, -0.05) is 30.3 Å². The van der Waals surface area contributed by atoms with Crippen LogP contribution in [-0.2, 0) is 26.5 Å². The Balaban J connectivity index is 1.93. The van der Waals surface area contributed by atoms with Gasteiger partial charge in [0.2, 0.25) is 0 Å². The Morgan fingerprint density at radius 1 is 1.04 bits per heavy atom. The molecule has 2 aromatic rings. The fourth-order valence-corrected chi connectivity index (χ4v) is 2.54. The number of methoxy groups -OCH3 is 2. The number of carbonyl (C=O) groups excluding carboxylic acids is 2. The van der Waals surface area contributed by atoms with E-state index in [2.05, 4.69) is 10.6 Å². The number of hydrogen-bond acceptors (Lipinski definition) is 4. The van der Waals surface area contributed by atoms with Crippen LogP contribution in [0, 0.1) is 5.82 Å². The molecule has 2 aromatic carbocycles. The van der Waals surface area contributed by atoms with Gasteiger partial charge in [-0.05, 0) is 30.7 Å². The van der Waals surface area contributed by atoms with E-state index in [9.17, 15) is 14.0 Å². The smallest absolute Gasteiger partial charge is 0.309 e. The fourth-order valence-electron chi connectivity index (χ4n) is 2.54. The van der Waals surface area contributed by atoms with Crippen molar-refractivity contribution in [2.75, 3.05) is 20.8 Å². The van der Waals surface area contributed by atoms with E-state index in [1.807, 2.05) is 0 Å². The van der Waals surface area contributed by atoms with Crippen LogP contribution >= 0.6 is 0 Å². The topological polar surface area (TPSA) is 76.7 Å².